The highest BCUT2D eigenvalue weighted by molar-refractivity contribution is 9.09. The summed E-state index contributed by atoms with van der Waals surface area (Å²) in [6, 6.07) is 4.38. The maximum absolute atomic E-state index is 12.5. The van der Waals surface area contributed by atoms with Crippen molar-refractivity contribution < 1.29 is 22.7 Å². The molecule has 2 aromatic rings. The fraction of sp³-hybridized carbons (Fsp3) is 0.286. The normalized spacial score (nSPS) is 11.5. The summed E-state index contributed by atoms with van der Waals surface area (Å²) in [5.41, 5.74) is 0.242. The smallest absolute Gasteiger partial charge is 0.416 e. The van der Waals surface area contributed by atoms with E-state index in [-0.39, 0.29) is 23.5 Å². The summed E-state index contributed by atoms with van der Waals surface area (Å²) >= 11 is 3.08. The van der Waals surface area contributed by atoms with Crippen molar-refractivity contribution in [2.24, 2.45) is 7.05 Å². The number of benzene rings is 1. The molecule has 0 unspecified atom stereocenters. The van der Waals surface area contributed by atoms with Gasteiger partial charge in [0.25, 0.3) is 0 Å². The van der Waals surface area contributed by atoms with E-state index < -0.39 is 11.7 Å². The molecular formula is C14H12BrF3N2O2. The zero-order valence-corrected chi connectivity index (χ0v) is 13.1. The van der Waals surface area contributed by atoms with Crippen molar-refractivity contribution in [2.75, 3.05) is 5.33 Å². The second kappa shape index (κ2) is 6.51. The van der Waals surface area contributed by atoms with Gasteiger partial charge in [-0.25, -0.2) is 0 Å². The Bertz CT molecular complexity index is 666. The number of Topliss-reactive ketones (excluding diaryl/α,β-unsaturated/α-hetero) is 1. The van der Waals surface area contributed by atoms with E-state index in [2.05, 4.69) is 21.0 Å². The van der Waals surface area contributed by atoms with E-state index in [0.29, 0.717) is 11.3 Å². The number of rotatable bonds is 5. The van der Waals surface area contributed by atoms with Crippen LogP contribution in [0.5, 0.6) is 5.75 Å². The van der Waals surface area contributed by atoms with Crippen LogP contribution in [-0.2, 0) is 19.8 Å². The summed E-state index contributed by atoms with van der Waals surface area (Å²) in [7, 11) is 1.66. The fourth-order valence-electron chi connectivity index (χ4n) is 1.83. The predicted molar refractivity (Wildman–Crippen MR) is 77.1 cm³/mol. The van der Waals surface area contributed by atoms with Crippen LogP contribution in [0.1, 0.15) is 21.6 Å². The van der Waals surface area contributed by atoms with Crippen LogP contribution in [0.25, 0.3) is 0 Å². The number of hydrogen-bond acceptors (Lipinski definition) is 3. The number of ether oxygens (including phenoxy) is 1. The first kappa shape index (κ1) is 16.5. The van der Waals surface area contributed by atoms with Crippen LogP contribution in [0.15, 0.2) is 30.5 Å². The van der Waals surface area contributed by atoms with Crippen LogP contribution in [-0.4, -0.2) is 20.9 Å². The maximum Gasteiger partial charge on any atom is 0.416 e. The van der Waals surface area contributed by atoms with Crippen molar-refractivity contribution in [3.05, 3.63) is 47.3 Å². The van der Waals surface area contributed by atoms with Crippen LogP contribution in [0, 0.1) is 0 Å². The van der Waals surface area contributed by atoms with Gasteiger partial charge < -0.3 is 4.74 Å². The van der Waals surface area contributed by atoms with Crippen molar-refractivity contribution >= 4 is 21.7 Å². The van der Waals surface area contributed by atoms with Crippen LogP contribution < -0.4 is 4.74 Å². The Morgan fingerprint density at radius 1 is 1.32 bits per heavy atom. The molecule has 0 atom stereocenters. The van der Waals surface area contributed by atoms with Gasteiger partial charge in [0.2, 0.25) is 0 Å². The molecule has 0 saturated carbocycles. The Balaban J connectivity index is 2.11. The molecule has 0 fully saturated rings. The van der Waals surface area contributed by atoms with Gasteiger partial charge in [0.1, 0.15) is 12.4 Å². The van der Waals surface area contributed by atoms with Gasteiger partial charge in [0.15, 0.2) is 5.78 Å². The summed E-state index contributed by atoms with van der Waals surface area (Å²) < 4.78 is 44.3. The van der Waals surface area contributed by atoms with E-state index in [0.717, 1.165) is 12.1 Å². The van der Waals surface area contributed by atoms with E-state index in [1.165, 1.54) is 23.0 Å². The van der Waals surface area contributed by atoms with Crippen molar-refractivity contribution in [1.82, 2.24) is 9.78 Å². The third-order valence-corrected chi connectivity index (χ3v) is 3.55. The number of nitrogens with zero attached hydrogens (tertiary/aromatic N) is 2. The van der Waals surface area contributed by atoms with Gasteiger partial charge in [-0.05, 0) is 24.3 Å². The molecule has 1 heterocycles. The molecule has 1 aromatic heterocycles. The molecule has 0 spiro atoms. The molecule has 8 heteroatoms. The maximum atomic E-state index is 12.5. The molecule has 0 N–H and O–H groups in total. The number of aromatic nitrogens is 2. The van der Waals surface area contributed by atoms with Gasteiger partial charge in [0.05, 0.1) is 28.3 Å². The van der Waals surface area contributed by atoms with E-state index in [1.54, 1.807) is 7.05 Å². The number of aryl methyl sites for hydroxylation is 1. The molecule has 4 nitrogen and oxygen atoms in total. The first-order valence-corrected chi connectivity index (χ1v) is 7.35. The standard InChI is InChI=1S/C14H12BrF3N2O2/c1-20-12(11(7-19-20)13(21)6-15)8-22-10-4-2-9(3-5-10)14(16,17)18/h2-5,7H,6,8H2,1H3. The molecule has 22 heavy (non-hydrogen) atoms. The van der Waals surface area contributed by atoms with Crippen LogP contribution >= 0.6 is 15.9 Å². The van der Waals surface area contributed by atoms with Crippen molar-refractivity contribution in [3.8, 4) is 5.75 Å². The number of hydrogen-bond donors (Lipinski definition) is 0. The lowest BCUT2D eigenvalue weighted by atomic mass is 10.2. The molecule has 0 aliphatic heterocycles. The largest absolute Gasteiger partial charge is 0.487 e. The topological polar surface area (TPSA) is 44.1 Å². The van der Waals surface area contributed by atoms with Crippen molar-refractivity contribution in [2.45, 2.75) is 12.8 Å². The summed E-state index contributed by atoms with van der Waals surface area (Å²) in [5.74, 6) is 0.144. The third kappa shape index (κ3) is 3.68. The van der Waals surface area contributed by atoms with E-state index in [9.17, 15) is 18.0 Å². The number of carbonyl (C=O) groups excluding carboxylic acids is 1. The molecule has 0 radical (unpaired) electrons. The highest BCUT2D eigenvalue weighted by atomic mass is 79.9. The molecule has 118 valence electrons. The quantitative estimate of drug-likeness (QED) is 0.591. The highest BCUT2D eigenvalue weighted by Gasteiger charge is 2.30. The number of alkyl halides is 4. The molecular weight excluding hydrogens is 365 g/mol. The zero-order chi connectivity index (χ0) is 16.3. The SMILES string of the molecule is Cn1ncc(C(=O)CBr)c1COc1ccc(C(F)(F)F)cc1. The summed E-state index contributed by atoms with van der Waals surface area (Å²) in [6.07, 6.45) is -2.94. The van der Waals surface area contributed by atoms with Gasteiger partial charge in [-0.15, -0.1) is 0 Å². The Morgan fingerprint density at radius 2 is 1.95 bits per heavy atom. The second-order valence-corrected chi connectivity index (χ2v) is 5.06. The molecule has 2 rings (SSSR count). The Hall–Kier alpha value is -1.83. The van der Waals surface area contributed by atoms with Gasteiger partial charge >= 0.3 is 6.18 Å². The van der Waals surface area contributed by atoms with Gasteiger partial charge in [-0.1, -0.05) is 15.9 Å². The lowest BCUT2D eigenvalue weighted by Gasteiger charge is -2.10. The van der Waals surface area contributed by atoms with E-state index >= 15 is 0 Å². The molecule has 0 bridgehead atoms. The number of carbonyl (C=O) groups is 1. The average molecular weight is 377 g/mol. The molecule has 0 amide bonds. The summed E-state index contributed by atoms with van der Waals surface area (Å²) in [5, 5.41) is 4.15. The molecule has 0 aliphatic rings. The lowest BCUT2D eigenvalue weighted by Crippen LogP contribution is -2.10. The van der Waals surface area contributed by atoms with Crippen molar-refractivity contribution in [3.63, 3.8) is 0 Å². The van der Waals surface area contributed by atoms with Gasteiger partial charge in [0, 0.05) is 7.05 Å². The predicted octanol–water partition coefficient (Wildman–Crippen LogP) is 3.60. The summed E-state index contributed by atoms with van der Waals surface area (Å²) in [6.45, 7) is 0.0376. The molecule has 0 saturated heterocycles. The van der Waals surface area contributed by atoms with E-state index in [4.69, 9.17) is 4.74 Å². The van der Waals surface area contributed by atoms with Gasteiger partial charge in [-0.2, -0.15) is 18.3 Å². The van der Waals surface area contributed by atoms with Gasteiger partial charge in [-0.3, -0.25) is 9.48 Å². The van der Waals surface area contributed by atoms with Crippen LogP contribution in [0.2, 0.25) is 0 Å². The minimum Gasteiger partial charge on any atom is -0.487 e. The zero-order valence-electron chi connectivity index (χ0n) is 11.5. The number of halogens is 4. The third-order valence-electron chi connectivity index (χ3n) is 3.04. The molecule has 0 aliphatic carbocycles. The Morgan fingerprint density at radius 3 is 2.50 bits per heavy atom. The molecule has 1 aromatic carbocycles. The van der Waals surface area contributed by atoms with E-state index in [1.807, 2.05) is 0 Å². The Kier molecular flexibility index (Phi) is 4.90. The Labute approximate surface area is 133 Å². The first-order valence-electron chi connectivity index (χ1n) is 6.23. The van der Waals surface area contributed by atoms with Crippen molar-refractivity contribution in [1.29, 1.82) is 0 Å². The monoisotopic (exact) mass is 376 g/mol. The summed E-state index contributed by atoms with van der Waals surface area (Å²) in [4.78, 5) is 11.7. The fourth-order valence-corrected chi connectivity index (χ4v) is 2.13. The first-order chi connectivity index (χ1) is 10.3. The lowest BCUT2D eigenvalue weighted by molar-refractivity contribution is -0.137. The minimum absolute atomic E-state index is 0.0376. The average Bonchev–Trinajstić information content (AvgIpc) is 2.85. The number of ketones is 1. The van der Waals surface area contributed by atoms with Crippen LogP contribution in [0.3, 0.4) is 0 Å². The highest BCUT2D eigenvalue weighted by Crippen LogP contribution is 2.30. The minimum atomic E-state index is -4.38. The van der Waals surface area contributed by atoms with Crippen LogP contribution in [0.4, 0.5) is 13.2 Å². The second-order valence-electron chi connectivity index (χ2n) is 4.50.